The molecule has 0 aliphatic heterocycles. The van der Waals surface area contributed by atoms with Crippen molar-refractivity contribution in [2.45, 2.75) is 6.92 Å². The lowest BCUT2D eigenvalue weighted by molar-refractivity contribution is 0.928. The van der Waals surface area contributed by atoms with Gasteiger partial charge in [-0.2, -0.15) is 5.10 Å². The summed E-state index contributed by atoms with van der Waals surface area (Å²) in [5.74, 6) is 0. The largest absolute Gasteiger partial charge is 0.282 e. The van der Waals surface area contributed by atoms with Gasteiger partial charge in [0.05, 0.1) is 5.69 Å². The predicted octanol–water partition coefficient (Wildman–Crippen LogP) is 3.10. The van der Waals surface area contributed by atoms with Crippen molar-refractivity contribution in [2.75, 3.05) is 0 Å². The standard InChI is InChI=1S/C16H11BrN4O/c1-10-4-6-11(7-5-10)20-15-12(3-2-8-18-15)21-13(16(20)22)9-14(17)19-21/h2-9H,1H3. The van der Waals surface area contributed by atoms with Gasteiger partial charge in [-0.1, -0.05) is 17.7 Å². The van der Waals surface area contributed by atoms with Gasteiger partial charge in [-0.3, -0.25) is 9.36 Å². The molecular weight excluding hydrogens is 344 g/mol. The molecule has 108 valence electrons. The molecule has 0 unspecified atom stereocenters. The second-order valence-electron chi connectivity index (χ2n) is 5.09. The van der Waals surface area contributed by atoms with E-state index in [1.165, 1.54) is 0 Å². The third-order valence-corrected chi connectivity index (χ3v) is 3.99. The molecule has 1 aromatic carbocycles. The Bertz CT molecular complexity index is 1060. The average Bonchev–Trinajstić information content (AvgIpc) is 2.92. The van der Waals surface area contributed by atoms with Gasteiger partial charge in [0, 0.05) is 12.3 Å². The minimum Gasteiger partial charge on any atom is -0.266 e. The Balaban J connectivity index is 2.22. The Morgan fingerprint density at radius 1 is 1.09 bits per heavy atom. The van der Waals surface area contributed by atoms with Crippen LogP contribution in [0.25, 0.3) is 22.4 Å². The highest BCUT2D eigenvalue weighted by Gasteiger charge is 2.14. The molecule has 4 rings (SSSR count). The van der Waals surface area contributed by atoms with Gasteiger partial charge >= 0.3 is 0 Å². The van der Waals surface area contributed by atoms with E-state index in [0.29, 0.717) is 15.8 Å². The van der Waals surface area contributed by atoms with Crippen molar-refractivity contribution < 1.29 is 0 Å². The Morgan fingerprint density at radius 3 is 2.64 bits per heavy atom. The minimum absolute atomic E-state index is 0.145. The van der Waals surface area contributed by atoms with Gasteiger partial charge in [0.15, 0.2) is 5.65 Å². The van der Waals surface area contributed by atoms with Crippen molar-refractivity contribution in [3.8, 4) is 5.69 Å². The molecule has 4 aromatic rings. The van der Waals surface area contributed by atoms with E-state index in [1.54, 1.807) is 21.3 Å². The highest BCUT2D eigenvalue weighted by molar-refractivity contribution is 9.10. The summed E-state index contributed by atoms with van der Waals surface area (Å²) in [6, 6.07) is 13.3. The quantitative estimate of drug-likeness (QED) is 0.527. The molecule has 5 nitrogen and oxygen atoms in total. The normalized spacial score (nSPS) is 11.4. The number of pyridine rings is 1. The van der Waals surface area contributed by atoms with Gasteiger partial charge in [0.25, 0.3) is 5.56 Å². The Kier molecular flexibility index (Phi) is 2.87. The van der Waals surface area contributed by atoms with Gasteiger partial charge in [-0.15, -0.1) is 0 Å². The Hall–Kier alpha value is -2.47. The highest BCUT2D eigenvalue weighted by atomic mass is 79.9. The molecule has 22 heavy (non-hydrogen) atoms. The van der Waals surface area contributed by atoms with E-state index in [9.17, 15) is 4.79 Å². The molecule has 0 amide bonds. The zero-order valence-electron chi connectivity index (χ0n) is 11.7. The van der Waals surface area contributed by atoms with E-state index in [-0.39, 0.29) is 5.56 Å². The van der Waals surface area contributed by atoms with E-state index in [2.05, 4.69) is 26.0 Å². The minimum atomic E-state index is -0.145. The van der Waals surface area contributed by atoms with Gasteiger partial charge in [-0.25, -0.2) is 9.50 Å². The molecule has 0 saturated heterocycles. The van der Waals surface area contributed by atoms with Crippen molar-refractivity contribution >= 4 is 32.6 Å². The molecule has 0 radical (unpaired) electrons. The number of benzene rings is 1. The lowest BCUT2D eigenvalue weighted by Crippen LogP contribution is -2.22. The maximum Gasteiger partial charge on any atom is 0.282 e. The summed E-state index contributed by atoms with van der Waals surface area (Å²) in [5.41, 5.74) is 3.66. The molecule has 0 aliphatic rings. The van der Waals surface area contributed by atoms with Gasteiger partial charge < -0.3 is 0 Å². The summed E-state index contributed by atoms with van der Waals surface area (Å²) in [6.07, 6.45) is 1.68. The molecule has 3 heterocycles. The van der Waals surface area contributed by atoms with E-state index in [0.717, 1.165) is 16.8 Å². The van der Waals surface area contributed by atoms with Crippen LogP contribution in [-0.2, 0) is 0 Å². The van der Waals surface area contributed by atoms with Gasteiger partial charge in [-0.05, 0) is 47.1 Å². The topological polar surface area (TPSA) is 52.2 Å². The van der Waals surface area contributed by atoms with Crippen LogP contribution in [0.5, 0.6) is 0 Å². The fraction of sp³-hybridized carbons (Fsp3) is 0.0625. The SMILES string of the molecule is Cc1ccc(-n2c(=O)c3cc(Br)nn3c3cccnc32)cc1. The lowest BCUT2D eigenvalue weighted by atomic mass is 10.2. The average molecular weight is 355 g/mol. The summed E-state index contributed by atoms with van der Waals surface area (Å²) >= 11 is 3.33. The van der Waals surface area contributed by atoms with Crippen LogP contribution in [0.3, 0.4) is 0 Å². The van der Waals surface area contributed by atoms with Crippen LogP contribution in [0.4, 0.5) is 0 Å². The van der Waals surface area contributed by atoms with Crippen molar-refractivity contribution in [3.63, 3.8) is 0 Å². The molecule has 0 spiro atoms. The highest BCUT2D eigenvalue weighted by Crippen LogP contribution is 2.18. The number of fused-ring (bicyclic) bond motifs is 3. The van der Waals surface area contributed by atoms with Crippen molar-refractivity contribution in [1.82, 2.24) is 19.2 Å². The molecule has 3 aromatic heterocycles. The third kappa shape index (κ3) is 1.88. The van der Waals surface area contributed by atoms with E-state index < -0.39 is 0 Å². The van der Waals surface area contributed by atoms with Crippen LogP contribution < -0.4 is 5.56 Å². The van der Waals surface area contributed by atoms with E-state index >= 15 is 0 Å². The smallest absolute Gasteiger partial charge is 0.266 e. The first-order valence-electron chi connectivity index (χ1n) is 6.77. The van der Waals surface area contributed by atoms with Crippen LogP contribution in [0, 0.1) is 6.92 Å². The molecule has 0 N–H and O–H groups in total. The zero-order valence-corrected chi connectivity index (χ0v) is 13.3. The molecule has 0 atom stereocenters. The Labute approximate surface area is 134 Å². The molecule has 0 bridgehead atoms. The van der Waals surface area contributed by atoms with Crippen LogP contribution in [0.2, 0.25) is 0 Å². The monoisotopic (exact) mass is 354 g/mol. The van der Waals surface area contributed by atoms with Crippen molar-refractivity contribution in [3.05, 3.63) is 69.2 Å². The maximum absolute atomic E-state index is 12.9. The number of nitrogens with zero attached hydrogens (tertiary/aromatic N) is 4. The fourth-order valence-corrected chi connectivity index (χ4v) is 2.93. The van der Waals surface area contributed by atoms with E-state index in [1.807, 2.05) is 43.3 Å². The summed E-state index contributed by atoms with van der Waals surface area (Å²) < 4.78 is 3.87. The first-order valence-corrected chi connectivity index (χ1v) is 7.56. The first kappa shape index (κ1) is 13.2. The van der Waals surface area contributed by atoms with Gasteiger partial charge in [0.2, 0.25) is 0 Å². The van der Waals surface area contributed by atoms with Gasteiger partial charge in [0.1, 0.15) is 15.6 Å². The molecule has 6 heteroatoms. The summed E-state index contributed by atoms with van der Waals surface area (Å²) in [4.78, 5) is 17.3. The zero-order chi connectivity index (χ0) is 15.3. The summed E-state index contributed by atoms with van der Waals surface area (Å²) in [7, 11) is 0. The number of halogens is 1. The van der Waals surface area contributed by atoms with Crippen LogP contribution in [-0.4, -0.2) is 19.2 Å². The molecule has 0 saturated carbocycles. The maximum atomic E-state index is 12.9. The predicted molar refractivity (Wildman–Crippen MR) is 88.5 cm³/mol. The Morgan fingerprint density at radius 2 is 1.86 bits per heavy atom. The fourth-order valence-electron chi connectivity index (χ4n) is 2.56. The first-order chi connectivity index (χ1) is 10.6. The number of rotatable bonds is 1. The van der Waals surface area contributed by atoms with Crippen LogP contribution in [0.15, 0.2) is 58.1 Å². The number of hydrogen-bond donors (Lipinski definition) is 0. The van der Waals surface area contributed by atoms with Crippen molar-refractivity contribution in [2.24, 2.45) is 0 Å². The van der Waals surface area contributed by atoms with Crippen LogP contribution >= 0.6 is 15.9 Å². The van der Waals surface area contributed by atoms with Crippen LogP contribution in [0.1, 0.15) is 5.56 Å². The van der Waals surface area contributed by atoms with Crippen molar-refractivity contribution in [1.29, 1.82) is 0 Å². The molecule has 0 fully saturated rings. The number of aryl methyl sites for hydroxylation is 1. The summed E-state index contributed by atoms with van der Waals surface area (Å²) in [6.45, 7) is 2.01. The number of hydrogen-bond acceptors (Lipinski definition) is 3. The second-order valence-corrected chi connectivity index (χ2v) is 5.90. The third-order valence-electron chi connectivity index (χ3n) is 3.60. The molecule has 0 aliphatic carbocycles. The second kappa shape index (κ2) is 4.78. The molecular formula is C16H11BrN4O. The van der Waals surface area contributed by atoms with E-state index in [4.69, 9.17) is 0 Å². The lowest BCUT2D eigenvalue weighted by Gasteiger charge is -2.11. The summed E-state index contributed by atoms with van der Waals surface area (Å²) in [5, 5.41) is 4.33. The number of aromatic nitrogens is 4.